The summed E-state index contributed by atoms with van der Waals surface area (Å²) in [6, 6.07) is 0. The Morgan fingerprint density at radius 3 is 2.80 bits per heavy atom. The van der Waals surface area contributed by atoms with Crippen molar-refractivity contribution in [2.24, 2.45) is 5.92 Å². The second-order valence-electron chi connectivity index (χ2n) is 4.97. The molecule has 0 saturated carbocycles. The van der Waals surface area contributed by atoms with Crippen molar-refractivity contribution in [2.45, 2.75) is 26.7 Å². The van der Waals surface area contributed by atoms with Gasteiger partial charge in [0.05, 0.1) is 6.54 Å². The number of nitrogens with one attached hydrogen (secondary N) is 1. The van der Waals surface area contributed by atoms with Crippen LogP contribution in [-0.2, 0) is 17.6 Å². The van der Waals surface area contributed by atoms with Gasteiger partial charge in [0.15, 0.2) is 0 Å². The minimum Gasteiger partial charge on any atom is -0.476 e. The molecule has 1 amide bonds. The first-order valence-electron chi connectivity index (χ1n) is 6.56. The van der Waals surface area contributed by atoms with Crippen molar-refractivity contribution < 1.29 is 19.4 Å². The van der Waals surface area contributed by atoms with Gasteiger partial charge in [-0.3, -0.25) is 0 Å². The van der Waals surface area contributed by atoms with E-state index in [0.717, 1.165) is 41.5 Å². The van der Waals surface area contributed by atoms with Gasteiger partial charge in [-0.15, -0.1) is 0 Å². The first kappa shape index (κ1) is 14.3. The average molecular weight is 278 g/mol. The lowest BCUT2D eigenvalue weighted by molar-refractivity contribution is -0.110. The van der Waals surface area contributed by atoms with Gasteiger partial charge in [0.2, 0.25) is 5.88 Å². The van der Waals surface area contributed by atoms with E-state index in [1.807, 2.05) is 13.8 Å². The van der Waals surface area contributed by atoms with Crippen LogP contribution in [0, 0.1) is 19.8 Å². The minimum absolute atomic E-state index is 0.0353. The molecule has 0 aromatic carbocycles. The highest BCUT2D eigenvalue weighted by atomic mass is 16.5. The molecule has 20 heavy (non-hydrogen) atoms. The first-order valence-corrected chi connectivity index (χ1v) is 6.56. The van der Waals surface area contributed by atoms with Gasteiger partial charge in [-0.2, -0.15) is 0 Å². The Labute approximate surface area is 117 Å². The number of aryl methyl sites for hydroxylation is 1. The molecule has 0 fully saturated rings. The van der Waals surface area contributed by atoms with Gasteiger partial charge in [0.25, 0.3) is 0 Å². The predicted octanol–water partition coefficient (Wildman–Crippen LogP) is 1.26. The summed E-state index contributed by atoms with van der Waals surface area (Å²) >= 11 is 0. The fourth-order valence-corrected chi connectivity index (χ4v) is 2.56. The van der Waals surface area contributed by atoms with Crippen LogP contribution in [0.15, 0.2) is 0 Å². The largest absolute Gasteiger partial charge is 0.476 e. The Morgan fingerprint density at radius 2 is 2.15 bits per heavy atom. The number of carbonyl (C=O) groups excluding carboxylic acids is 1. The fraction of sp³-hybridized carbons (Fsp3) is 0.500. The SMILES string of the molecule is Cc1nc(OCCNC(=O)O)c(C)c2c1CC(C=O)C2. The van der Waals surface area contributed by atoms with Crippen LogP contribution in [0.2, 0.25) is 0 Å². The van der Waals surface area contributed by atoms with E-state index in [0.29, 0.717) is 5.88 Å². The molecule has 0 spiro atoms. The number of fused-ring (bicyclic) bond motifs is 1. The molecule has 0 aliphatic heterocycles. The van der Waals surface area contributed by atoms with E-state index in [2.05, 4.69) is 10.3 Å². The average Bonchev–Trinajstić information content (AvgIpc) is 2.85. The molecule has 1 aromatic rings. The van der Waals surface area contributed by atoms with E-state index < -0.39 is 6.09 Å². The molecule has 108 valence electrons. The number of ether oxygens (including phenoxy) is 1. The number of pyridine rings is 1. The molecule has 6 nitrogen and oxygen atoms in total. The minimum atomic E-state index is -1.07. The molecule has 0 saturated heterocycles. The highest BCUT2D eigenvalue weighted by Crippen LogP contribution is 2.33. The maximum Gasteiger partial charge on any atom is 0.404 e. The van der Waals surface area contributed by atoms with E-state index in [1.54, 1.807) is 0 Å². The van der Waals surface area contributed by atoms with Crippen LogP contribution in [0.4, 0.5) is 4.79 Å². The molecule has 1 aliphatic carbocycles. The highest BCUT2D eigenvalue weighted by molar-refractivity contribution is 5.64. The van der Waals surface area contributed by atoms with E-state index in [4.69, 9.17) is 9.84 Å². The molecular weight excluding hydrogens is 260 g/mol. The molecule has 1 unspecified atom stereocenters. The molecule has 6 heteroatoms. The number of carboxylic acid groups (broad SMARTS) is 1. The lowest BCUT2D eigenvalue weighted by Crippen LogP contribution is -2.26. The summed E-state index contributed by atoms with van der Waals surface area (Å²) in [5.74, 6) is 0.563. The van der Waals surface area contributed by atoms with E-state index in [-0.39, 0.29) is 19.1 Å². The number of amides is 1. The third kappa shape index (κ3) is 2.89. The number of hydrogen-bond acceptors (Lipinski definition) is 4. The molecule has 0 bridgehead atoms. The summed E-state index contributed by atoms with van der Waals surface area (Å²) in [6.07, 6.45) is 1.41. The van der Waals surface area contributed by atoms with Gasteiger partial charge in [0.1, 0.15) is 12.9 Å². The second-order valence-corrected chi connectivity index (χ2v) is 4.97. The summed E-state index contributed by atoms with van der Waals surface area (Å²) in [7, 11) is 0. The standard InChI is InChI=1S/C14H18N2O4/c1-8-11-5-10(7-17)6-12(11)9(2)16-13(8)20-4-3-15-14(18)19/h7,10,15H,3-6H2,1-2H3,(H,18,19). The lowest BCUT2D eigenvalue weighted by Gasteiger charge is -2.13. The molecule has 1 atom stereocenters. The van der Waals surface area contributed by atoms with E-state index >= 15 is 0 Å². The molecule has 1 aliphatic rings. The Balaban J connectivity index is 2.10. The van der Waals surface area contributed by atoms with Gasteiger partial charge in [0, 0.05) is 17.2 Å². The molecule has 0 radical (unpaired) electrons. The quantitative estimate of drug-likeness (QED) is 0.625. The summed E-state index contributed by atoms with van der Waals surface area (Å²) in [5, 5.41) is 10.7. The molecule has 1 aromatic heterocycles. The Kier molecular flexibility index (Phi) is 4.22. The Hall–Kier alpha value is -2.11. The van der Waals surface area contributed by atoms with Gasteiger partial charge in [-0.25, -0.2) is 9.78 Å². The molecule has 1 heterocycles. The number of nitrogens with zero attached hydrogens (tertiary/aromatic N) is 1. The maximum atomic E-state index is 10.9. The third-order valence-corrected chi connectivity index (χ3v) is 3.59. The van der Waals surface area contributed by atoms with Crippen molar-refractivity contribution in [3.05, 3.63) is 22.4 Å². The third-order valence-electron chi connectivity index (χ3n) is 3.59. The molecular formula is C14H18N2O4. The highest BCUT2D eigenvalue weighted by Gasteiger charge is 2.26. The molecule has 2 rings (SSSR count). The van der Waals surface area contributed by atoms with Crippen molar-refractivity contribution in [3.8, 4) is 5.88 Å². The topological polar surface area (TPSA) is 88.5 Å². The van der Waals surface area contributed by atoms with E-state index in [1.165, 1.54) is 0 Å². The predicted molar refractivity (Wildman–Crippen MR) is 72.2 cm³/mol. The van der Waals surface area contributed by atoms with Crippen molar-refractivity contribution >= 4 is 12.4 Å². The van der Waals surface area contributed by atoms with Gasteiger partial charge in [-0.1, -0.05) is 0 Å². The van der Waals surface area contributed by atoms with Crippen LogP contribution in [0.3, 0.4) is 0 Å². The van der Waals surface area contributed by atoms with Gasteiger partial charge >= 0.3 is 6.09 Å². The van der Waals surface area contributed by atoms with Crippen LogP contribution in [-0.4, -0.2) is 35.6 Å². The number of carbonyl (C=O) groups is 2. The van der Waals surface area contributed by atoms with Crippen molar-refractivity contribution in [1.29, 1.82) is 0 Å². The normalized spacial score (nSPS) is 16.6. The first-order chi connectivity index (χ1) is 9.52. The smallest absolute Gasteiger partial charge is 0.404 e. The Bertz CT molecular complexity index is 542. The maximum absolute atomic E-state index is 10.9. The van der Waals surface area contributed by atoms with Crippen LogP contribution < -0.4 is 10.1 Å². The van der Waals surface area contributed by atoms with Crippen LogP contribution in [0.5, 0.6) is 5.88 Å². The summed E-state index contributed by atoms with van der Waals surface area (Å²) in [6.45, 7) is 4.28. The van der Waals surface area contributed by atoms with E-state index in [9.17, 15) is 9.59 Å². The van der Waals surface area contributed by atoms with Crippen LogP contribution >= 0.6 is 0 Å². The fourth-order valence-electron chi connectivity index (χ4n) is 2.56. The van der Waals surface area contributed by atoms with Crippen LogP contribution in [0.25, 0.3) is 0 Å². The molecule has 2 N–H and O–H groups in total. The van der Waals surface area contributed by atoms with Crippen molar-refractivity contribution in [2.75, 3.05) is 13.2 Å². The number of aromatic nitrogens is 1. The zero-order valence-electron chi connectivity index (χ0n) is 11.6. The monoisotopic (exact) mass is 278 g/mol. The zero-order chi connectivity index (χ0) is 14.7. The summed E-state index contributed by atoms with van der Waals surface area (Å²) < 4.78 is 5.54. The lowest BCUT2D eigenvalue weighted by atomic mass is 10.0. The summed E-state index contributed by atoms with van der Waals surface area (Å²) in [5.41, 5.74) is 4.13. The number of aldehydes is 1. The second kappa shape index (κ2) is 5.90. The Morgan fingerprint density at radius 1 is 1.45 bits per heavy atom. The number of rotatable bonds is 5. The zero-order valence-corrected chi connectivity index (χ0v) is 11.6. The van der Waals surface area contributed by atoms with Crippen LogP contribution in [0.1, 0.15) is 22.4 Å². The van der Waals surface area contributed by atoms with Gasteiger partial charge in [-0.05, 0) is 37.8 Å². The summed E-state index contributed by atoms with van der Waals surface area (Å²) in [4.78, 5) is 25.7. The number of hydrogen-bond donors (Lipinski definition) is 2. The van der Waals surface area contributed by atoms with Gasteiger partial charge < -0.3 is 20.0 Å². The van der Waals surface area contributed by atoms with Crippen molar-refractivity contribution in [3.63, 3.8) is 0 Å². The van der Waals surface area contributed by atoms with Crippen molar-refractivity contribution in [1.82, 2.24) is 10.3 Å².